The van der Waals surface area contributed by atoms with Crippen LogP contribution in [0, 0.1) is 0 Å². The Morgan fingerprint density at radius 1 is 0.966 bits per heavy atom. The van der Waals surface area contributed by atoms with Crippen molar-refractivity contribution in [2.75, 3.05) is 13.1 Å². The lowest BCUT2D eigenvalue weighted by atomic mass is 10.1. The van der Waals surface area contributed by atoms with Crippen LogP contribution in [0.25, 0.3) is 0 Å². The Morgan fingerprint density at radius 3 is 2.17 bits per heavy atom. The highest BCUT2D eigenvalue weighted by molar-refractivity contribution is 7.92. The Balaban J connectivity index is 1.65. The predicted octanol–water partition coefficient (Wildman–Crippen LogP) is 2.49. The zero-order valence-corrected chi connectivity index (χ0v) is 18.1. The SMILES string of the molecule is CC(C)S(=O)(=O)c1ccc(CC(=O)N2CCC(S(=O)(=O)c3ccccc3)C2)cc1. The van der Waals surface area contributed by atoms with Crippen molar-refractivity contribution < 1.29 is 21.6 Å². The summed E-state index contributed by atoms with van der Waals surface area (Å²) in [5, 5.41) is -1.12. The third kappa shape index (κ3) is 4.53. The number of carbonyl (C=O) groups excluding carboxylic acids is 1. The van der Waals surface area contributed by atoms with Gasteiger partial charge in [-0.25, -0.2) is 16.8 Å². The van der Waals surface area contributed by atoms with Crippen molar-refractivity contribution in [1.82, 2.24) is 4.90 Å². The molecule has 0 radical (unpaired) electrons. The van der Waals surface area contributed by atoms with Gasteiger partial charge in [-0.1, -0.05) is 30.3 Å². The molecule has 1 unspecified atom stereocenters. The van der Waals surface area contributed by atoms with Crippen molar-refractivity contribution in [2.45, 2.75) is 47.0 Å². The fourth-order valence-corrected chi connectivity index (χ4v) is 6.14. The number of carbonyl (C=O) groups is 1. The van der Waals surface area contributed by atoms with Crippen LogP contribution in [-0.2, 0) is 30.9 Å². The molecule has 8 heteroatoms. The van der Waals surface area contributed by atoms with Crippen molar-refractivity contribution in [3.05, 3.63) is 60.2 Å². The van der Waals surface area contributed by atoms with Gasteiger partial charge in [-0.3, -0.25) is 4.79 Å². The molecular formula is C21H25NO5S2. The first kappa shape index (κ1) is 21.5. The van der Waals surface area contributed by atoms with E-state index in [4.69, 9.17) is 0 Å². The molecule has 1 aliphatic heterocycles. The summed E-state index contributed by atoms with van der Waals surface area (Å²) in [5.41, 5.74) is 0.701. The van der Waals surface area contributed by atoms with Crippen LogP contribution in [0.2, 0.25) is 0 Å². The number of hydrogen-bond donors (Lipinski definition) is 0. The Labute approximate surface area is 172 Å². The van der Waals surface area contributed by atoms with E-state index in [2.05, 4.69) is 0 Å². The molecule has 1 atom stereocenters. The van der Waals surface area contributed by atoms with Gasteiger partial charge in [0, 0.05) is 13.1 Å². The van der Waals surface area contributed by atoms with Gasteiger partial charge in [0.15, 0.2) is 19.7 Å². The summed E-state index contributed by atoms with van der Waals surface area (Å²) < 4.78 is 49.9. The molecule has 3 rings (SSSR count). The van der Waals surface area contributed by atoms with Gasteiger partial charge in [0.25, 0.3) is 0 Å². The van der Waals surface area contributed by atoms with Gasteiger partial charge in [-0.2, -0.15) is 0 Å². The highest BCUT2D eigenvalue weighted by atomic mass is 32.2. The zero-order chi connectivity index (χ0) is 21.2. The lowest BCUT2D eigenvalue weighted by molar-refractivity contribution is -0.129. The largest absolute Gasteiger partial charge is 0.341 e. The zero-order valence-electron chi connectivity index (χ0n) is 16.5. The second-order valence-electron chi connectivity index (χ2n) is 7.52. The van der Waals surface area contributed by atoms with Crippen LogP contribution in [0.15, 0.2) is 64.4 Å². The van der Waals surface area contributed by atoms with Crippen molar-refractivity contribution in [2.24, 2.45) is 0 Å². The van der Waals surface area contributed by atoms with E-state index in [9.17, 15) is 21.6 Å². The Hall–Kier alpha value is -2.19. The molecule has 0 saturated carbocycles. The average Bonchev–Trinajstić information content (AvgIpc) is 3.20. The van der Waals surface area contributed by atoms with Crippen molar-refractivity contribution >= 4 is 25.6 Å². The summed E-state index contributed by atoms with van der Waals surface area (Å²) in [6.07, 6.45) is 0.522. The molecule has 1 saturated heterocycles. The molecule has 0 aliphatic carbocycles. The number of amides is 1. The van der Waals surface area contributed by atoms with Crippen LogP contribution < -0.4 is 0 Å². The number of nitrogens with zero attached hydrogens (tertiary/aromatic N) is 1. The van der Waals surface area contributed by atoms with Crippen LogP contribution in [0.4, 0.5) is 0 Å². The first-order valence-corrected chi connectivity index (χ1v) is 12.6. The van der Waals surface area contributed by atoms with E-state index >= 15 is 0 Å². The molecule has 2 aromatic rings. The van der Waals surface area contributed by atoms with E-state index in [0.29, 0.717) is 18.5 Å². The molecule has 156 valence electrons. The van der Waals surface area contributed by atoms with Crippen LogP contribution >= 0.6 is 0 Å². The Kier molecular flexibility index (Phi) is 6.14. The first-order valence-electron chi connectivity index (χ1n) is 9.52. The maximum absolute atomic E-state index is 12.8. The van der Waals surface area contributed by atoms with E-state index in [-0.39, 0.29) is 28.7 Å². The Bertz CT molecular complexity index is 1080. The minimum atomic E-state index is -3.47. The second-order valence-corrected chi connectivity index (χ2v) is 12.3. The molecule has 0 N–H and O–H groups in total. The van der Waals surface area contributed by atoms with E-state index < -0.39 is 30.2 Å². The standard InChI is InChI=1S/C21H25NO5S2/c1-16(2)28(24,25)19-10-8-17(9-11-19)14-21(23)22-13-12-20(15-22)29(26,27)18-6-4-3-5-7-18/h3-11,16,20H,12-15H2,1-2H3. The molecule has 1 heterocycles. The van der Waals surface area contributed by atoms with E-state index in [0.717, 1.165) is 0 Å². The van der Waals surface area contributed by atoms with Crippen molar-refractivity contribution in [1.29, 1.82) is 0 Å². The molecule has 0 bridgehead atoms. The number of benzene rings is 2. The fraction of sp³-hybridized carbons (Fsp3) is 0.381. The van der Waals surface area contributed by atoms with Gasteiger partial charge < -0.3 is 4.90 Å². The molecule has 2 aromatic carbocycles. The average molecular weight is 436 g/mol. The molecule has 0 aromatic heterocycles. The summed E-state index contributed by atoms with van der Waals surface area (Å²) in [4.78, 5) is 14.7. The quantitative estimate of drug-likeness (QED) is 0.696. The molecule has 0 spiro atoms. The van der Waals surface area contributed by atoms with Gasteiger partial charge in [0.05, 0.1) is 26.7 Å². The van der Waals surface area contributed by atoms with Crippen molar-refractivity contribution in [3.8, 4) is 0 Å². The minimum absolute atomic E-state index is 0.111. The normalized spacial score (nSPS) is 17.6. The topological polar surface area (TPSA) is 88.6 Å². The predicted molar refractivity (Wildman–Crippen MR) is 111 cm³/mol. The van der Waals surface area contributed by atoms with Crippen LogP contribution in [0.5, 0.6) is 0 Å². The molecular weight excluding hydrogens is 410 g/mol. The van der Waals surface area contributed by atoms with Gasteiger partial charge in [0.2, 0.25) is 5.91 Å². The molecule has 1 aliphatic rings. The van der Waals surface area contributed by atoms with Gasteiger partial charge in [-0.05, 0) is 50.1 Å². The smallest absolute Gasteiger partial charge is 0.227 e. The van der Waals surface area contributed by atoms with Gasteiger partial charge in [0.1, 0.15) is 0 Å². The number of hydrogen-bond acceptors (Lipinski definition) is 5. The summed E-state index contributed by atoms with van der Waals surface area (Å²) in [7, 11) is -6.82. The maximum Gasteiger partial charge on any atom is 0.227 e. The van der Waals surface area contributed by atoms with Crippen LogP contribution in [0.1, 0.15) is 25.8 Å². The van der Waals surface area contributed by atoms with Crippen molar-refractivity contribution in [3.63, 3.8) is 0 Å². The summed E-state index contributed by atoms with van der Waals surface area (Å²) in [6, 6.07) is 14.6. The molecule has 6 nitrogen and oxygen atoms in total. The summed E-state index contributed by atoms with van der Waals surface area (Å²) in [5.74, 6) is -0.157. The first-order chi connectivity index (χ1) is 13.6. The maximum atomic E-state index is 12.8. The lowest BCUT2D eigenvalue weighted by Gasteiger charge is -2.17. The third-order valence-corrected chi connectivity index (χ3v) is 9.60. The third-order valence-electron chi connectivity index (χ3n) is 5.24. The summed E-state index contributed by atoms with van der Waals surface area (Å²) in [6.45, 7) is 3.82. The fourth-order valence-electron chi connectivity index (χ4n) is 3.37. The number of rotatable bonds is 6. The van der Waals surface area contributed by atoms with E-state index in [1.807, 2.05) is 0 Å². The van der Waals surface area contributed by atoms with Gasteiger partial charge >= 0.3 is 0 Å². The van der Waals surface area contributed by atoms with E-state index in [1.165, 1.54) is 12.1 Å². The minimum Gasteiger partial charge on any atom is -0.341 e. The lowest BCUT2D eigenvalue weighted by Crippen LogP contribution is -2.33. The molecule has 29 heavy (non-hydrogen) atoms. The monoisotopic (exact) mass is 435 g/mol. The van der Waals surface area contributed by atoms with Gasteiger partial charge in [-0.15, -0.1) is 0 Å². The number of sulfone groups is 2. The summed E-state index contributed by atoms with van der Waals surface area (Å²) >= 11 is 0. The highest BCUT2D eigenvalue weighted by Crippen LogP contribution is 2.24. The molecule has 1 fully saturated rings. The van der Waals surface area contributed by atoms with E-state index in [1.54, 1.807) is 61.2 Å². The Morgan fingerprint density at radius 2 is 1.59 bits per heavy atom. The van der Waals surface area contributed by atoms with Crippen LogP contribution in [0.3, 0.4) is 0 Å². The highest BCUT2D eigenvalue weighted by Gasteiger charge is 2.35. The van der Waals surface area contributed by atoms with Crippen LogP contribution in [-0.4, -0.2) is 51.2 Å². The second kappa shape index (κ2) is 8.28. The molecule has 1 amide bonds. The number of likely N-dealkylation sites (tertiary alicyclic amines) is 1.